The number of aromatic nitrogens is 2. The zero-order valence-corrected chi connectivity index (χ0v) is 15.4. The van der Waals surface area contributed by atoms with Crippen LogP contribution in [-0.4, -0.2) is 57.2 Å². The van der Waals surface area contributed by atoms with Crippen molar-refractivity contribution in [3.8, 4) is 0 Å². The number of carbonyl (C=O) groups is 2. The molecule has 0 bridgehead atoms. The Hall–Kier alpha value is -2.34. The molecule has 0 N–H and O–H groups in total. The van der Waals surface area contributed by atoms with Crippen molar-refractivity contribution in [3.63, 3.8) is 0 Å². The Bertz CT molecular complexity index is 908. The predicted octanol–water partition coefficient (Wildman–Crippen LogP) is 2.48. The zero-order valence-electron chi connectivity index (χ0n) is 14.7. The smallest absolute Gasteiger partial charge is 0.274 e. The second kappa shape index (κ2) is 6.13. The van der Waals surface area contributed by atoms with Crippen LogP contribution < -0.4 is 0 Å². The highest BCUT2D eigenvalue weighted by atomic mass is 35.5. The molecule has 2 aromatic heterocycles. The average Bonchev–Trinajstić information content (AvgIpc) is 3.27. The van der Waals surface area contributed by atoms with Gasteiger partial charge in [0.15, 0.2) is 0 Å². The van der Waals surface area contributed by atoms with Crippen molar-refractivity contribution < 1.29 is 9.59 Å². The van der Waals surface area contributed by atoms with Crippen LogP contribution in [0.25, 0.3) is 5.65 Å². The Kier molecular flexibility index (Phi) is 4.03. The molecule has 0 unspecified atom stereocenters. The first kappa shape index (κ1) is 17.1. The minimum absolute atomic E-state index is 0.125. The van der Waals surface area contributed by atoms with E-state index in [0.29, 0.717) is 36.0 Å². The first-order valence-corrected chi connectivity index (χ1v) is 9.16. The van der Waals surface area contributed by atoms with Gasteiger partial charge in [-0.2, -0.15) is 0 Å². The van der Waals surface area contributed by atoms with Gasteiger partial charge in [0.05, 0.1) is 10.4 Å². The predicted molar refractivity (Wildman–Crippen MR) is 99.1 cm³/mol. The van der Waals surface area contributed by atoms with E-state index in [-0.39, 0.29) is 17.7 Å². The molecule has 1 spiro atoms. The largest absolute Gasteiger partial charge is 0.338 e. The Morgan fingerprint density at radius 2 is 2.27 bits per heavy atom. The number of halogens is 1. The van der Waals surface area contributed by atoms with Crippen molar-refractivity contribution >= 4 is 29.1 Å². The second-order valence-electron chi connectivity index (χ2n) is 7.27. The molecule has 6 nitrogen and oxygen atoms in total. The fourth-order valence-electron chi connectivity index (χ4n) is 4.24. The maximum absolute atomic E-state index is 13.0. The van der Waals surface area contributed by atoms with Gasteiger partial charge in [-0.25, -0.2) is 4.98 Å². The number of nitrogens with zero attached hydrogens (tertiary/aromatic N) is 4. The summed E-state index contributed by atoms with van der Waals surface area (Å²) in [6, 6.07) is 3.53. The Morgan fingerprint density at radius 1 is 1.46 bits per heavy atom. The Morgan fingerprint density at radius 3 is 3.04 bits per heavy atom. The second-order valence-corrected chi connectivity index (χ2v) is 7.71. The molecule has 0 aliphatic carbocycles. The molecule has 0 aromatic carbocycles. The van der Waals surface area contributed by atoms with Gasteiger partial charge >= 0.3 is 0 Å². The maximum Gasteiger partial charge on any atom is 0.274 e. The Labute approximate surface area is 157 Å². The SMILES string of the molecule is C=CCN1CC[C@]2(CN(C(=O)c3cn4cc(Cl)ccc4n3)C[C@H]2C)C1=O. The number of amides is 2. The van der Waals surface area contributed by atoms with E-state index in [0.717, 1.165) is 13.0 Å². The van der Waals surface area contributed by atoms with E-state index in [1.807, 2.05) is 4.90 Å². The van der Waals surface area contributed by atoms with Crippen LogP contribution in [0.4, 0.5) is 0 Å². The molecule has 2 aromatic rings. The molecular formula is C19H21ClN4O2. The summed E-state index contributed by atoms with van der Waals surface area (Å²) in [5, 5.41) is 0.585. The third-order valence-corrected chi connectivity index (χ3v) is 5.95. The summed E-state index contributed by atoms with van der Waals surface area (Å²) in [4.78, 5) is 33.9. The van der Waals surface area contributed by atoms with Crippen LogP contribution in [0.5, 0.6) is 0 Å². The highest BCUT2D eigenvalue weighted by Crippen LogP contribution is 2.44. The highest BCUT2D eigenvalue weighted by Gasteiger charge is 2.55. The lowest BCUT2D eigenvalue weighted by Crippen LogP contribution is -2.40. The van der Waals surface area contributed by atoms with Crippen molar-refractivity contribution in [3.05, 3.63) is 47.9 Å². The quantitative estimate of drug-likeness (QED) is 0.778. The van der Waals surface area contributed by atoms with Crippen LogP contribution in [0.1, 0.15) is 23.8 Å². The van der Waals surface area contributed by atoms with Crippen molar-refractivity contribution in [2.75, 3.05) is 26.2 Å². The summed E-state index contributed by atoms with van der Waals surface area (Å²) in [6.45, 7) is 8.10. The zero-order chi connectivity index (χ0) is 18.5. The summed E-state index contributed by atoms with van der Waals surface area (Å²) in [7, 11) is 0. The summed E-state index contributed by atoms with van der Waals surface area (Å²) < 4.78 is 1.75. The van der Waals surface area contributed by atoms with Crippen LogP contribution >= 0.6 is 11.6 Å². The summed E-state index contributed by atoms with van der Waals surface area (Å²) >= 11 is 6.00. The lowest BCUT2D eigenvalue weighted by atomic mass is 9.78. The van der Waals surface area contributed by atoms with Gasteiger partial charge < -0.3 is 14.2 Å². The van der Waals surface area contributed by atoms with E-state index >= 15 is 0 Å². The summed E-state index contributed by atoms with van der Waals surface area (Å²) in [6.07, 6.45) is 5.95. The van der Waals surface area contributed by atoms with Crippen molar-refractivity contribution in [2.45, 2.75) is 13.3 Å². The number of imidazole rings is 1. The van der Waals surface area contributed by atoms with Gasteiger partial charge in [-0.15, -0.1) is 6.58 Å². The molecule has 2 aliphatic heterocycles. The van der Waals surface area contributed by atoms with Gasteiger partial charge in [0.2, 0.25) is 5.91 Å². The minimum atomic E-state index is -0.471. The molecule has 0 saturated carbocycles. The number of carbonyl (C=O) groups excluding carboxylic acids is 2. The van der Waals surface area contributed by atoms with Crippen molar-refractivity contribution in [2.24, 2.45) is 11.3 Å². The minimum Gasteiger partial charge on any atom is -0.338 e. The van der Waals surface area contributed by atoms with E-state index in [2.05, 4.69) is 18.5 Å². The monoisotopic (exact) mass is 372 g/mol. The van der Waals surface area contributed by atoms with Gasteiger partial charge in [-0.05, 0) is 24.5 Å². The summed E-state index contributed by atoms with van der Waals surface area (Å²) in [5.41, 5.74) is 0.583. The molecular weight excluding hydrogens is 352 g/mol. The van der Waals surface area contributed by atoms with Crippen LogP contribution in [-0.2, 0) is 4.79 Å². The molecule has 4 heterocycles. The van der Waals surface area contributed by atoms with Crippen LogP contribution in [0.15, 0.2) is 37.2 Å². The molecule has 136 valence electrons. The standard InChI is InChI=1S/C19H21ClN4O2/c1-3-7-22-8-6-19(18(22)26)12-24(9-13(19)2)17(25)15-11-23-10-14(20)4-5-16(23)21-15/h3-5,10-11,13H,1,6-9,12H2,2H3/t13-,19-/m1/s1. The van der Waals surface area contributed by atoms with Crippen LogP contribution in [0.3, 0.4) is 0 Å². The number of rotatable bonds is 3. The lowest BCUT2D eigenvalue weighted by Gasteiger charge is -2.26. The Balaban J connectivity index is 1.58. The number of likely N-dealkylation sites (tertiary alicyclic amines) is 2. The summed E-state index contributed by atoms with van der Waals surface area (Å²) in [5.74, 6) is 0.130. The molecule has 2 atom stereocenters. The van der Waals surface area contributed by atoms with Crippen molar-refractivity contribution in [1.82, 2.24) is 19.2 Å². The molecule has 2 saturated heterocycles. The number of pyridine rings is 1. The number of fused-ring (bicyclic) bond motifs is 1. The van der Waals surface area contributed by atoms with Crippen LogP contribution in [0, 0.1) is 11.3 Å². The van der Waals surface area contributed by atoms with Crippen molar-refractivity contribution in [1.29, 1.82) is 0 Å². The van der Waals surface area contributed by atoms with E-state index in [1.165, 1.54) is 0 Å². The number of hydrogen-bond acceptors (Lipinski definition) is 3. The molecule has 2 aliphatic rings. The molecule has 7 heteroatoms. The van der Waals surface area contributed by atoms with Gasteiger partial charge in [-0.3, -0.25) is 9.59 Å². The third-order valence-electron chi connectivity index (χ3n) is 5.72. The average molecular weight is 373 g/mol. The maximum atomic E-state index is 13.0. The van der Waals surface area contributed by atoms with E-state index < -0.39 is 5.41 Å². The number of hydrogen-bond donors (Lipinski definition) is 0. The van der Waals surface area contributed by atoms with Gasteiger partial charge in [0.1, 0.15) is 11.3 Å². The van der Waals surface area contributed by atoms with E-state index in [1.54, 1.807) is 39.9 Å². The van der Waals surface area contributed by atoms with E-state index in [4.69, 9.17) is 11.6 Å². The lowest BCUT2D eigenvalue weighted by molar-refractivity contribution is -0.136. The van der Waals surface area contributed by atoms with Gasteiger partial charge in [0.25, 0.3) is 5.91 Å². The van der Waals surface area contributed by atoms with Crippen LogP contribution in [0.2, 0.25) is 5.02 Å². The first-order valence-electron chi connectivity index (χ1n) is 8.78. The van der Waals surface area contributed by atoms with Gasteiger partial charge in [0, 0.05) is 38.6 Å². The first-order chi connectivity index (χ1) is 12.4. The third kappa shape index (κ3) is 2.51. The highest BCUT2D eigenvalue weighted by molar-refractivity contribution is 6.30. The molecule has 4 rings (SSSR count). The van der Waals surface area contributed by atoms with E-state index in [9.17, 15) is 9.59 Å². The topological polar surface area (TPSA) is 57.9 Å². The molecule has 0 radical (unpaired) electrons. The molecule has 26 heavy (non-hydrogen) atoms. The molecule has 2 fully saturated rings. The van der Waals surface area contributed by atoms with Gasteiger partial charge in [-0.1, -0.05) is 24.6 Å². The normalized spacial score (nSPS) is 25.6. The molecule has 2 amide bonds. The fraction of sp³-hybridized carbons (Fsp3) is 0.421. The fourth-order valence-corrected chi connectivity index (χ4v) is 4.41.